The first kappa shape index (κ1) is 32.2. The van der Waals surface area contributed by atoms with Gasteiger partial charge in [0.1, 0.15) is 24.7 Å². The van der Waals surface area contributed by atoms with Crippen molar-refractivity contribution in [1.29, 1.82) is 0 Å². The Labute approximate surface area is 249 Å². The van der Waals surface area contributed by atoms with E-state index in [4.69, 9.17) is 38.1 Å². The lowest BCUT2D eigenvalue weighted by atomic mass is 10.1. The molecule has 10 heteroatoms. The fourth-order valence-electron chi connectivity index (χ4n) is 4.75. The number of hydrogen-bond donors (Lipinski definition) is 1. The van der Waals surface area contributed by atoms with E-state index in [2.05, 4.69) is 36.2 Å². The zero-order valence-corrected chi connectivity index (χ0v) is 25.2. The maximum absolute atomic E-state index is 6.05. The molecule has 0 saturated carbocycles. The number of ether oxygens (including phenoxy) is 7. The summed E-state index contributed by atoms with van der Waals surface area (Å²) in [7, 11) is 0. The number of benzene rings is 2. The number of rotatable bonds is 7. The number of hydrogen-bond acceptors (Lipinski definition) is 10. The molecule has 232 valence electrons. The predicted octanol–water partition coefficient (Wildman–Crippen LogP) is 4.39. The van der Waals surface area contributed by atoms with Gasteiger partial charge >= 0.3 is 0 Å². The van der Waals surface area contributed by atoms with E-state index >= 15 is 0 Å². The molecule has 1 aliphatic heterocycles. The van der Waals surface area contributed by atoms with Gasteiger partial charge in [0.15, 0.2) is 0 Å². The highest BCUT2D eigenvalue weighted by molar-refractivity contribution is 6.08. The Bertz CT molecular complexity index is 1110. The minimum Gasteiger partial charge on any atom is -0.491 e. The lowest BCUT2D eigenvalue weighted by molar-refractivity contribution is -0.0141. The Morgan fingerprint density at radius 1 is 0.619 bits per heavy atom. The van der Waals surface area contributed by atoms with Gasteiger partial charge in [-0.05, 0) is 62.5 Å². The summed E-state index contributed by atoms with van der Waals surface area (Å²) in [6.45, 7) is 14.4. The van der Waals surface area contributed by atoms with E-state index in [1.807, 2.05) is 24.3 Å². The molecule has 0 aliphatic carbocycles. The second-order valence-electron chi connectivity index (χ2n) is 9.91. The Morgan fingerprint density at radius 3 is 1.48 bits per heavy atom. The third-order valence-electron chi connectivity index (χ3n) is 7.04. The fraction of sp³-hybridized carbons (Fsp3) is 0.594. The first-order chi connectivity index (χ1) is 20.8. The Hall–Kier alpha value is -2.73. The SMILES string of the molecule is CCN(CC)CCCNc1c2cc3ccc2nc2ccc(cc12)OCCOCCOCCOCCOCCOCCO3. The summed E-state index contributed by atoms with van der Waals surface area (Å²) in [6, 6.07) is 12.1. The highest BCUT2D eigenvalue weighted by Gasteiger charge is 2.12. The van der Waals surface area contributed by atoms with Crippen LogP contribution in [-0.2, 0) is 23.7 Å². The van der Waals surface area contributed by atoms with Crippen LogP contribution in [0.3, 0.4) is 0 Å². The van der Waals surface area contributed by atoms with Crippen LogP contribution < -0.4 is 14.8 Å². The van der Waals surface area contributed by atoms with Crippen molar-refractivity contribution in [2.24, 2.45) is 0 Å². The summed E-state index contributed by atoms with van der Waals surface area (Å²) in [5, 5.41) is 5.76. The zero-order valence-electron chi connectivity index (χ0n) is 25.2. The van der Waals surface area contributed by atoms with Crippen molar-refractivity contribution in [3.63, 3.8) is 0 Å². The Morgan fingerprint density at radius 2 is 1.05 bits per heavy atom. The van der Waals surface area contributed by atoms with Gasteiger partial charge in [-0.3, -0.25) is 0 Å². The smallest absolute Gasteiger partial charge is 0.120 e. The standard InChI is InChI=1S/C32H47N3O7/c1-3-35(4-2)11-5-10-33-32-28-24-26-6-8-30(28)34-31-9-7-27(25-29(31)32)42-23-21-40-19-17-38-15-13-36-12-14-37-16-18-39-20-22-41-26/h6-9,24-25H,3-5,10-23H2,1-2H3,(H,33,34). The van der Waals surface area contributed by atoms with Gasteiger partial charge in [0.25, 0.3) is 0 Å². The molecule has 2 aromatic carbocycles. The quantitative estimate of drug-likeness (QED) is 0.318. The van der Waals surface area contributed by atoms with Crippen molar-refractivity contribution >= 4 is 27.5 Å². The third kappa shape index (κ3) is 10.5. The zero-order chi connectivity index (χ0) is 29.2. The molecule has 10 nitrogen and oxygen atoms in total. The van der Waals surface area contributed by atoms with E-state index in [9.17, 15) is 0 Å². The van der Waals surface area contributed by atoms with Crippen LogP contribution in [0.2, 0.25) is 0 Å². The normalized spacial score (nSPS) is 17.2. The van der Waals surface area contributed by atoms with Crippen LogP contribution in [0.4, 0.5) is 5.69 Å². The molecule has 0 amide bonds. The summed E-state index contributed by atoms with van der Waals surface area (Å²) in [6.07, 6.45) is 1.04. The van der Waals surface area contributed by atoms with Gasteiger partial charge in [-0.1, -0.05) is 13.8 Å². The molecule has 0 atom stereocenters. The molecule has 0 spiro atoms. The Kier molecular flexibility index (Phi) is 14.4. The molecule has 4 rings (SSSR count). The van der Waals surface area contributed by atoms with Crippen molar-refractivity contribution in [3.05, 3.63) is 36.4 Å². The minimum absolute atomic E-state index is 0.447. The number of fused-ring (bicyclic) bond motifs is 2. The summed E-state index contributed by atoms with van der Waals surface area (Å²) < 4.78 is 40.1. The van der Waals surface area contributed by atoms with Crippen LogP contribution in [0.5, 0.6) is 11.5 Å². The summed E-state index contributed by atoms with van der Waals surface area (Å²) in [5.41, 5.74) is 2.87. The largest absolute Gasteiger partial charge is 0.491 e. The maximum atomic E-state index is 6.05. The van der Waals surface area contributed by atoms with Gasteiger partial charge in [0.05, 0.1) is 82.8 Å². The van der Waals surface area contributed by atoms with Crippen molar-refractivity contribution in [1.82, 2.24) is 9.88 Å². The van der Waals surface area contributed by atoms with Crippen LogP contribution in [0.15, 0.2) is 36.4 Å². The lowest BCUT2D eigenvalue weighted by Crippen LogP contribution is -2.25. The molecule has 42 heavy (non-hydrogen) atoms. The van der Waals surface area contributed by atoms with Crippen LogP contribution in [0.1, 0.15) is 20.3 Å². The van der Waals surface area contributed by atoms with Gasteiger partial charge < -0.3 is 43.4 Å². The Balaban J connectivity index is 1.50. The first-order valence-electron chi connectivity index (χ1n) is 15.3. The van der Waals surface area contributed by atoms with Crippen molar-refractivity contribution in [2.75, 3.05) is 111 Å². The average Bonchev–Trinajstić information content (AvgIpc) is 3.01. The highest BCUT2D eigenvalue weighted by Crippen LogP contribution is 2.35. The molecular weight excluding hydrogens is 538 g/mol. The second-order valence-corrected chi connectivity index (χ2v) is 9.91. The fourth-order valence-corrected chi connectivity index (χ4v) is 4.75. The average molecular weight is 586 g/mol. The molecule has 1 N–H and O–H groups in total. The van der Waals surface area contributed by atoms with Crippen LogP contribution >= 0.6 is 0 Å². The molecule has 1 aromatic heterocycles. The molecule has 2 heterocycles. The number of nitrogens with zero attached hydrogens (tertiary/aromatic N) is 2. The molecular formula is C32H47N3O7. The van der Waals surface area contributed by atoms with Gasteiger partial charge in [-0.2, -0.15) is 0 Å². The topological polar surface area (TPSA) is 92.8 Å². The molecule has 0 saturated heterocycles. The molecule has 4 bridgehead atoms. The third-order valence-corrected chi connectivity index (χ3v) is 7.04. The summed E-state index contributed by atoms with van der Waals surface area (Å²) >= 11 is 0. The first-order valence-corrected chi connectivity index (χ1v) is 15.3. The van der Waals surface area contributed by atoms with Gasteiger partial charge in [0.2, 0.25) is 0 Å². The van der Waals surface area contributed by atoms with Gasteiger partial charge in [-0.15, -0.1) is 0 Å². The molecule has 0 unspecified atom stereocenters. The number of nitrogens with one attached hydrogen (secondary N) is 1. The van der Waals surface area contributed by atoms with Crippen LogP contribution in [0, 0.1) is 0 Å². The van der Waals surface area contributed by atoms with E-state index in [0.29, 0.717) is 79.3 Å². The van der Waals surface area contributed by atoms with Gasteiger partial charge in [0, 0.05) is 17.3 Å². The molecule has 3 aromatic rings. The van der Waals surface area contributed by atoms with Crippen LogP contribution in [0.25, 0.3) is 21.8 Å². The number of aromatic nitrogens is 1. The lowest BCUT2D eigenvalue weighted by Gasteiger charge is -2.19. The monoisotopic (exact) mass is 585 g/mol. The maximum Gasteiger partial charge on any atom is 0.120 e. The predicted molar refractivity (Wildman–Crippen MR) is 165 cm³/mol. The second kappa shape index (κ2) is 18.7. The van der Waals surface area contributed by atoms with Gasteiger partial charge in [-0.25, -0.2) is 4.98 Å². The van der Waals surface area contributed by atoms with Crippen LogP contribution in [-0.4, -0.2) is 115 Å². The molecule has 1 aliphatic rings. The summed E-state index contributed by atoms with van der Waals surface area (Å²) in [5.74, 6) is 1.56. The van der Waals surface area contributed by atoms with E-state index in [0.717, 1.165) is 71.6 Å². The number of anilines is 1. The van der Waals surface area contributed by atoms with Crippen molar-refractivity contribution in [2.45, 2.75) is 20.3 Å². The van der Waals surface area contributed by atoms with Crippen molar-refractivity contribution in [3.8, 4) is 11.5 Å². The van der Waals surface area contributed by atoms with E-state index in [1.54, 1.807) is 0 Å². The van der Waals surface area contributed by atoms with E-state index < -0.39 is 0 Å². The van der Waals surface area contributed by atoms with E-state index in [1.165, 1.54) is 0 Å². The molecule has 0 fully saturated rings. The minimum atomic E-state index is 0.447. The van der Waals surface area contributed by atoms with E-state index in [-0.39, 0.29) is 0 Å². The molecule has 0 radical (unpaired) electrons. The van der Waals surface area contributed by atoms with Crippen molar-refractivity contribution < 1.29 is 33.2 Å². The summed E-state index contributed by atoms with van der Waals surface area (Å²) in [4.78, 5) is 7.39. The number of pyridine rings is 1. The highest BCUT2D eigenvalue weighted by atomic mass is 16.6.